The first-order valence-electron chi connectivity index (χ1n) is 5.42. The van der Waals surface area contributed by atoms with Crippen LogP contribution in [0.1, 0.15) is 22.7 Å². The van der Waals surface area contributed by atoms with Gasteiger partial charge in [-0.2, -0.15) is 0 Å². The number of hydrogen-bond donors (Lipinski definition) is 1. The van der Waals surface area contributed by atoms with Crippen molar-refractivity contribution in [1.29, 1.82) is 0 Å². The Morgan fingerprint density at radius 3 is 2.24 bits per heavy atom. The highest BCUT2D eigenvalue weighted by molar-refractivity contribution is 5.77. The van der Waals surface area contributed by atoms with Gasteiger partial charge in [-0.05, 0) is 51.2 Å². The molecule has 0 bridgehead atoms. The van der Waals surface area contributed by atoms with Gasteiger partial charge in [-0.1, -0.05) is 0 Å². The molecule has 0 heterocycles. The van der Waals surface area contributed by atoms with Crippen molar-refractivity contribution < 1.29 is 14.6 Å². The van der Waals surface area contributed by atoms with Crippen LogP contribution in [-0.4, -0.2) is 37.2 Å². The number of nitrogens with zero attached hydrogens (tertiary/aromatic N) is 1. The van der Waals surface area contributed by atoms with E-state index in [2.05, 4.69) is 0 Å². The summed E-state index contributed by atoms with van der Waals surface area (Å²) in [4.78, 5) is 13.0. The molecular weight excluding hydrogens is 218 g/mol. The molecule has 1 N–H and O–H groups in total. The minimum Gasteiger partial charge on any atom is -0.496 e. The summed E-state index contributed by atoms with van der Waals surface area (Å²) >= 11 is 0. The molecular formula is C13H19NO3. The van der Waals surface area contributed by atoms with E-state index in [4.69, 9.17) is 4.74 Å². The third-order valence-electron chi connectivity index (χ3n) is 2.89. The predicted octanol–water partition coefficient (Wildman–Crippen LogP) is 2.00. The number of ether oxygens (including phenoxy) is 1. The van der Waals surface area contributed by atoms with E-state index in [1.54, 1.807) is 26.1 Å². The van der Waals surface area contributed by atoms with Gasteiger partial charge in [-0.25, -0.2) is 0 Å². The zero-order valence-electron chi connectivity index (χ0n) is 10.9. The zero-order chi connectivity index (χ0) is 13.2. The molecule has 1 atom stereocenters. The summed E-state index contributed by atoms with van der Waals surface area (Å²) in [5, 5.41) is 9.28. The number of aliphatic carboxylic acids is 1. The molecule has 1 aromatic rings. The molecule has 0 aliphatic rings. The number of likely N-dealkylation sites (N-methyl/N-ethyl adjacent to an activating group) is 1. The van der Waals surface area contributed by atoms with E-state index in [9.17, 15) is 9.90 Å². The van der Waals surface area contributed by atoms with Crippen molar-refractivity contribution in [2.24, 2.45) is 0 Å². The summed E-state index contributed by atoms with van der Waals surface area (Å²) in [6.07, 6.45) is 0. The molecule has 1 unspecified atom stereocenters. The molecule has 0 aromatic heterocycles. The molecule has 4 nitrogen and oxygen atoms in total. The maximum Gasteiger partial charge on any atom is 0.325 e. The van der Waals surface area contributed by atoms with E-state index >= 15 is 0 Å². The smallest absolute Gasteiger partial charge is 0.325 e. The topological polar surface area (TPSA) is 49.8 Å². The average molecular weight is 237 g/mol. The van der Waals surface area contributed by atoms with Gasteiger partial charge in [-0.3, -0.25) is 9.69 Å². The van der Waals surface area contributed by atoms with Gasteiger partial charge >= 0.3 is 5.97 Å². The molecule has 1 rings (SSSR count). The summed E-state index contributed by atoms with van der Waals surface area (Å²) in [6.45, 7) is 3.94. The van der Waals surface area contributed by atoms with Gasteiger partial charge < -0.3 is 9.84 Å². The highest BCUT2D eigenvalue weighted by atomic mass is 16.5. The molecule has 17 heavy (non-hydrogen) atoms. The number of hydrogen-bond acceptors (Lipinski definition) is 3. The van der Waals surface area contributed by atoms with Gasteiger partial charge in [0.05, 0.1) is 7.11 Å². The Morgan fingerprint density at radius 1 is 1.29 bits per heavy atom. The number of methoxy groups -OCH3 is 1. The number of carboxylic acids is 1. The Morgan fingerprint density at radius 2 is 1.82 bits per heavy atom. The highest BCUT2D eigenvalue weighted by Crippen LogP contribution is 2.31. The third-order valence-corrected chi connectivity index (χ3v) is 2.89. The largest absolute Gasteiger partial charge is 0.496 e. The summed E-state index contributed by atoms with van der Waals surface area (Å²) in [5.41, 5.74) is 2.84. The van der Waals surface area contributed by atoms with Crippen molar-refractivity contribution in [3.63, 3.8) is 0 Å². The number of rotatable bonds is 4. The summed E-state index contributed by atoms with van der Waals surface area (Å²) in [7, 11) is 5.04. The molecule has 0 fully saturated rings. The molecule has 94 valence electrons. The molecule has 1 aromatic carbocycles. The molecule has 0 amide bonds. The standard InChI is InChI=1S/C13H19NO3/c1-8-6-10(11(17-5)7-9(8)2)12(13(15)16)14(3)4/h6-7,12H,1-5H3,(H,15,16). The maximum atomic E-state index is 11.3. The van der Waals surface area contributed by atoms with Crippen molar-refractivity contribution in [3.8, 4) is 5.75 Å². The van der Waals surface area contributed by atoms with Crippen molar-refractivity contribution in [2.45, 2.75) is 19.9 Å². The second-order valence-corrected chi connectivity index (χ2v) is 4.38. The Kier molecular flexibility index (Phi) is 4.12. The molecule has 0 spiro atoms. The van der Waals surface area contributed by atoms with Crippen LogP contribution in [0.15, 0.2) is 12.1 Å². The van der Waals surface area contributed by atoms with E-state index < -0.39 is 12.0 Å². The number of carboxylic acid groups (broad SMARTS) is 1. The fourth-order valence-corrected chi connectivity index (χ4v) is 1.83. The summed E-state index contributed by atoms with van der Waals surface area (Å²) in [5.74, 6) is -0.259. The Balaban J connectivity index is 3.36. The summed E-state index contributed by atoms with van der Waals surface area (Å²) < 4.78 is 5.27. The van der Waals surface area contributed by atoms with Crippen LogP contribution in [0.5, 0.6) is 5.75 Å². The van der Waals surface area contributed by atoms with Crippen molar-refractivity contribution >= 4 is 5.97 Å². The number of aryl methyl sites for hydroxylation is 2. The molecule has 4 heteroatoms. The molecule has 0 saturated heterocycles. The van der Waals surface area contributed by atoms with Crippen LogP contribution in [0.2, 0.25) is 0 Å². The van der Waals surface area contributed by atoms with E-state index in [1.165, 1.54) is 0 Å². The minimum atomic E-state index is -0.878. The molecule has 0 saturated carbocycles. The maximum absolute atomic E-state index is 11.3. The van der Waals surface area contributed by atoms with Crippen molar-refractivity contribution in [1.82, 2.24) is 4.90 Å². The highest BCUT2D eigenvalue weighted by Gasteiger charge is 2.26. The van der Waals surface area contributed by atoms with Crippen molar-refractivity contribution in [2.75, 3.05) is 21.2 Å². The van der Waals surface area contributed by atoms with Gasteiger partial charge in [0.15, 0.2) is 0 Å². The van der Waals surface area contributed by atoms with Crippen LogP contribution in [0.3, 0.4) is 0 Å². The van der Waals surface area contributed by atoms with E-state index in [0.29, 0.717) is 11.3 Å². The molecule has 0 radical (unpaired) electrons. The van der Waals surface area contributed by atoms with Gasteiger partial charge in [-0.15, -0.1) is 0 Å². The fraction of sp³-hybridized carbons (Fsp3) is 0.462. The zero-order valence-corrected chi connectivity index (χ0v) is 10.9. The van der Waals surface area contributed by atoms with E-state index in [-0.39, 0.29) is 0 Å². The minimum absolute atomic E-state index is 0.620. The van der Waals surface area contributed by atoms with E-state index in [1.807, 2.05) is 26.0 Å². The second kappa shape index (κ2) is 5.19. The van der Waals surface area contributed by atoms with Gasteiger partial charge in [0.1, 0.15) is 11.8 Å². The fourth-order valence-electron chi connectivity index (χ4n) is 1.83. The van der Waals surface area contributed by atoms with Crippen molar-refractivity contribution in [3.05, 3.63) is 28.8 Å². The van der Waals surface area contributed by atoms with Gasteiger partial charge in [0.2, 0.25) is 0 Å². The third kappa shape index (κ3) is 2.77. The van der Waals surface area contributed by atoms with E-state index in [0.717, 1.165) is 11.1 Å². The number of benzene rings is 1. The first-order chi connectivity index (χ1) is 7.88. The monoisotopic (exact) mass is 237 g/mol. The Labute approximate surface area is 102 Å². The normalized spacial score (nSPS) is 12.6. The van der Waals surface area contributed by atoms with Crippen LogP contribution in [0.25, 0.3) is 0 Å². The van der Waals surface area contributed by atoms with Crippen LogP contribution in [0.4, 0.5) is 0 Å². The Bertz CT molecular complexity index is 427. The predicted molar refractivity (Wildman–Crippen MR) is 66.5 cm³/mol. The lowest BCUT2D eigenvalue weighted by atomic mass is 9.99. The van der Waals surface area contributed by atoms with Crippen LogP contribution < -0.4 is 4.74 Å². The van der Waals surface area contributed by atoms with Gasteiger partial charge in [0.25, 0.3) is 0 Å². The summed E-state index contributed by atoms with van der Waals surface area (Å²) in [6, 6.07) is 3.07. The van der Waals surface area contributed by atoms with Crippen LogP contribution in [-0.2, 0) is 4.79 Å². The Hall–Kier alpha value is -1.55. The molecule has 0 aliphatic carbocycles. The lowest BCUT2D eigenvalue weighted by Crippen LogP contribution is -2.28. The first-order valence-corrected chi connectivity index (χ1v) is 5.42. The lowest BCUT2D eigenvalue weighted by Gasteiger charge is -2.23. The average Bonchev–Trinajstić information content (AvgIpc) is 2.22. The number of carbonyl (C=O) groups is 1. The van der Waals surface area contributed by atoms with Crippen LogP contribution in [0, 0.1) is 13.8 Å². The lowest BCUT2D eigenvalue weighted by molar-refractivity contribution is -0.142. The van der Waals surface area contributed by atoms with Crippen LogP contribution >= 0.6 is 0 Å². The quantitative estimate of drug-likeness (QED) is 0.870. The second-order valence-electron chi connectivity index (χ2n) is 4.38. The van der Waals surface area contributed by atoms with Gasteiger partial charge in [0, 0.05) is 5.56 Å². The molecule has 0 aliphatic heterocycles. The SMILES string of the molecule is COc1cc(C)c(C)cc1C(C(=O)O)N(C)C. The first kappa shape index (κ1) is 13.5.